The molecule has 132 valence electrons. The highest BCUT2D eigenvalue weighted by atomic mass is 16.6. The molecule has 9 heteroatoms. The van der Waals surface area contributed by atoms with Crippen molar-refractivity contribution in [3.63, 3.8) is 0 Å². The van der Waals surface area contributed by atoms with Crippen LogP contribution in [-0.4, -0.2) is 39.6 Å². The number of ether oxygens (including phenoxy) is 2. The van der Waals surface area contributed by atoms with E-state index in [4.69, 9.17) is 9.47 Å². The maximum Gasteiger partial charge on any atom is 0.271 e. The van der Waals surface area contributed by atoms with Crippen LogP contribution in [0, 0.1) is 0 Å². The van der Waals surface area contributed by atoms with Crippen LogP contribution in [0.3, 0.4) is 0 Å². The van der Waals surface area contributed by atoms with E-state index in [2.05, 4.69) is 20.8 Å². The number of pyridine rings is 1. The Morgan fingerprint density at radius 1 is 1.00 bits per heavy atom. The summed E-state index contributed by atoms with van der Waals surface area (Å²) in [6.45, 7) is 0.904. The molecule has 0 radical (unpaired) electrons. The highest BCUT2D eigenvalue weighted by Gasteiger charge is 2.16. The van der Waals surface area contributed by atoms with Crippen molar-refractivity contribution in [1.82, 2.24) is 25.4 Å². The zero-order valence-electron chi connectivity index (χ0n) is 13.9. The summed E-state index contributed by atoms with van der Waals surface area (Å²) in [4.78, 5) is 32.8. The quantitative estimate of drug-likeness (QED) is 0.661. The molecule has 9 nitrogen and oxygen atoms in total. The first-order chi connectivity index (χ1) is 12.6. The van der Waals surface area contributed by atoms with Crippen LogP contribution < -0.4 is 20.3 Å². The summed E-state index contributed by atoms with van der Waals surface area (Å²) in [6, 6.07) is 6.42. The summed E-state index contributed by atoms with van der Waals surface area (Å²) in [7, 11) is 1.82. The van der Waals surface area contributed by atoms with E-state index >= 15 is 0 Å². The maximum absolute atomic E-state index is 12.2. The Balaban J connectivity index is 1.44. The molecule has 0 spiro atoms. The van der Waals surface area contributed by atoms with Crippen molar-refractivity contribution >= 4 is 23.0 Å². The Hall–Kier alpha value is -3.62. The van der Waals surface area contributed by atoms with Gasteiger partial charge in [-0.3, -0.25) is 20.4 Å². The number of amides is 2. The van der Waals surface area contributed by atoms with Gasteiger partial charge < -0.3 is 14.0 Å². The van der Waals surface area contributed by atoms with Gasteiger partial charge in [-0.1, -0.05) is 0 Å². The van der Waals surface area contributed by atoms with Gasteiger partial charge in [0.15, 0.2) is 17.1 Å². The Kier molecular flexibility index (Phi) is 3.88. The SMILES string of the molecule is Cn1cnc2cc(C(=O)NNC(=O)c3ccc4c(c3)OCCO4)cnc21. The fraction of sp³-hybridized carbons (Fsp3) is 0.176. The second kappa shape index (κ2) is 6.36. The summed E-state index contributed by atoms with van der Waals surface area (Å²) < 4.78 is 12.6. The van der Waals surface area contributed by atoms with Gasteiger partial charge in [-0.05, 0) is 24.3 Å². The maximum atomic E-state index is 12.2. The van der Waals surface area contributed by atoms with Crippen molar-refractivity contribution in [2.45, 2.75) is 0 Å². The summed E-state index contributed by atoms with van der Waals surface area (Å²) in [5.41, 5.74) is 6.63. The van der Waals surface area contributed by atoms with E-state index in [1.54, 1.807) is 35.2 Å². The number of imidazole rings is 1. The largest absolute Gasteiger partial charge is 0.486 e. The molecule has 3 aromatic rings. The average molecular weight is 353 g/mol. The highest BCUT2D eigenvalue weighted by molar-refractivity contribution is 6.00. The third-order valence-corrected chi connectivity index (χ3v) is 3.91. The molecule has 1 aliphatic rings. The van der Waals surface area contributed by atoms with Gasteiger partial charge >= 0.3 is 0 Å². The predicted octanol–water partition coefficient (Wildman–Crippen LogP) is 0.814. The monoisotopic (exact) mass is 353 g/mol. The lowest BCUT2D eigenvalue weighted by Gasteiger charge is -2.18. The van der Waals surface area contributed by atoms with Crippen LogP contribution in [0.15, 0.2) is 36.8 Å². The topological polar surface area (TPSA) is 107 Å². The molecule has 1 aromatic carbocycles. The van der Waals surface area contributed by atoms with E-state index in [-0.39, 0.29) is 0 Å². The Morgan fingerprint density at radius 3 is 2.54 bits per heavy atom. The van der Waals surface area contributed by atoms with Crippen molar-refractivity contribution in [2.24, 2.45) is 7.05 Å². The molecule has 1 aliphatic heterocycles. The molecule has 0 saturated heterocycles. The number of rotatable bonds is 2. The van der Waals surface area contributed by atoms with E-state index in [9.17, 15) is 9.59 Å². The van der Waals surface area contributed by atoms with Gasteiger partial charge in [-0.15, -0.1) is 0 Å². The molecule has 4 rings (SSSR count). The van der Waals surface area contributed by atoms with Crippen LogP contribution in [0.4, 0.5) is 0 Å². The lowest BCUT2D eigenvalue weighted by atomic mass is 10.2. The molecular weight excluding hydrogens is 338 g/mol. The normalized spacial score (nSPS) is 12.7. The molecule has 26 heavy (non-hydrogen) atoms. The lowest BCUT2D eigenvalue weighted by molar-refractivity contribution is 0.0846. The molecule has 2 N–H and O–H groups in total. The van der Waals surface area contributed by atoms with Crippen LogP contribution in [0.1, 0.15) is 20.7 Å². The Morgan fingerprint density at radius 2 is 1.73 bits per heavy atom. The Labute approximate surface area is 147 Å². The molecule has 2 aromatic heterocycles. The number of aromatic nitrogens is 3. The minimum absolute atomic E-state index is 0.290. The number of carbonyl (C=O) groups is 2. The van der Waals surface area contributed by atoms with Crippen LogP contribution in [-0.2, 0) is 7.05 Å². The first kappa shape index (κ1) is 15.9. The number of fused-ring (bicyclic) bond motifs is 2. The molecule has 0 aliphatic carbocycles. The van der Waals surface area contributed by atoms with Crippen LogP contribution >= 0.6 is 0 Å². The van der Waals surface area contributed by atoms with Gasteiger partial charge in [0.2, 0.25) is 0 Å². The fourth-order valence-electron chi connectivity index (χ4n) is 2.58. The van der Waals surface area contributed by atoms with E-state index < -0.39 is 11.8 Å². The summed E-state index contributed by atoms with van der Waals surface area (Å²) in [5.74, 6) is 0.129. The minimum atomic E-state index is -0.490. The van der Waals surface area contributed by atoms with Crippen LogP contribution in [0.2, 0.25) is 0 Å². The zero-order valence-corrected chi connectivity index (χ0v) is 13.9. The molecule has 0 bridgehead atoms. The zero-order chi connectivity index (χ0) is 18.1. The predicted molar refractivity (Wildman–Crippen MR) is 90.9 cm³/mol. The third-order valence-electron chi connectivity index (χ3n) is 3.91. The summed E-state index contributed by atoms with van der Waals surface area (Å²) in [6.07, 6.45) is 3.04. The summed E-state index contributed by atoms with van der Waals surface area (Å²) >= 11 is 0. The highest BCUT2D eigenvalue weighted by Crippen LogP contribution is 2.30. The number of hydrogen-bond donors (Lipinski definition) is 2. The van der Waals surface area contributed by atoms with Gasteiger partial charge in [0.05, 0.1) is 11.9 Å². The standard InChI is InChI=1S/C17H15N5O4/c1-22-9-19-12-6-11(8-18-15(12)22)17(24)21-20-16(23)10-2-3-13-14(7-10)26-5-4-25-13/h2-3,6-9H,4-5H2,1H3,(H,20,23)(H,21,24). The molecule has 0 saturated carbocycles. The van der Waals surface area contributed by atoms with Crippen molar-refractivity contribution in [2.75, 3.05) is 13.2 Å². The van der Waals surface area contributed by atoms with Gasteiger partial charge in [0.1, 0.15) is 18.7 Å². The van der Waals surface area contributed by atoms with Crippen molar-refractivity contribution in [1.29, 1.82) is 0 Å². The number of carbonyl (C=O) groups excluding carboxylic acids is 2. The van der Waals surface area contributed by atoms with Crippen LogP contribution in [0.25, 0.3) is 11.2 Å². The van der Waals surface area contributed by atoms with Gasteiger partial charge in [-0.25, -0.2) is 9.97 Å². The summed E-state index contributed by atoms with van der Waals surface area (Å²) in [5, 5.41) is 0. The molecule has 0 fully saturated rings. The van der Waals surface area contributed by atoms with Crippen LogP contribution in [0.5, 0.6) is 11.5 Å². The first-order valence-corrected chi connectivity index (χ1v) is 7.89. The molecule has 0 unspecified atom stereocenters. The van der Waals surface area contributed by atoms with E-state index in [0.717, 1.165) is 0 Å². The second-order valence-corrected chi connectivity index (χ2v) is 5.69. The number of hydrogen-bond acceptors (Lipinski definition) is 6. The van der Waals surface area contributed by atoms with Gasteiger partial charge in [0, 0.05) is 18.8 Å². The van der Waals surface area contributed by atoms with Crippen molar-refractivity contribution in [3.8, 4) is 11.5 Å². The Bertz CT molecular complexity index is 1010. The van der Waals surface area contributed by atoms with E-state index in [1.807, 2.05) is 7.05 Å². The number of benzene rings is 1. The molecule has 2 amide bonds. The smallest absolute Gasteiger partial charge is 0.271 e. The first-order valence-electron chi connectivity index (χ1n) is 7.89. The van der Waals surface area contributed by atoms with E-state index in [0.29, 0.717) is 47.0 Å². The van der Waals surface area contributed by atoms with Gasteiger partial charge in [0.25, 0.3) is 11.8 Å². The average Bonchev–Trinajstić information content (AvgIpc) is 3.05. The lowest BCUT2D eigenvalue weighted by Crippen LogP contribution is -2.41. The number of aryl methyl sites for hydroxylation is 1. The fourth-order valence-corrected chi connectivity index (χ4v) is 2.58. The van der Waals surface area contributed by atoms with E-state index in [1.165, 1.54) is 6.20 Å². The number of hydrazine groups is 1. The molecule has 3 heterocycles. The molecular formula is C17H15N5O4. The van der Waals surface area contributed by atoms with Crippen molar-refractivity contribution < 1.29 is 19.1 Å². The van der Waals surface area contributed by atoms with Gasteiger partial charge in [-0.2, -0.15) is 0 Å². The number of nitrogens with zero attached hydrogens (tertiary/aromatic N) is 3. The number of nitrogens with one attached hydrogen (secondary N) is 2. The third kappa shape index (κ3) is 2.90. The second-order valence-electron chi connectivity index (χ2n) is 5.69. The van der Waals surface area contributed by atoms with Crippen molar-refractivity contribution in [3.05, 3.63) is 47.9 Å². The molecule has 0 atom stereocenters. The minimum Gasteiger partial charge on any atom is -0.486 e.